The molecule has 2 heterocycles. The van der Waals surface area contributed by atoms with Gasteiger partial charge in [-0.25, -0.2) is 0 Å². The van der Waals surface area contributed by atoms with E-state index < -0.39 is 0 Å². The fourth-order valence-electron chi connectivity index (χ4n) is 2.33. The summed E-state index contributed by atoms with van der Waals surface area (Å²) < 4.78 is 2.92. The lowest BCUT2D eigenvalue weighted by Crippen LogP contribution is -2.11. The molecule has 0 unspecified atom stereocenters. The van der Waals surface area contributed by atoms with E-state index in [4.69, 9.17) is 0 Å². The molecule has 0 aliphatic rings. The molecule has 2 N–H and O–H groups in total. The first-order valence-corrected chi connectivity index (χ1v) is 9.91. The molecule has 30 heavy (non-hydrogen) atoms. The third-order valence-electron chi connectivity index (χ3n) is 3.62. The summed E-state index contributed by atoms with van der Waals surface area (Å²) >= 11 is 1.82. The molecule has 150 valence electrons. The van der Waals surface area contributed by atoms with E-state index in [1.165, 1.54) is 9.36 Å². The highest BCUT2D eigenvalue weighted by Gasteiger charge is 2.22. The zero-order chi connectivity index (χ0) is 20.8. The summed E-state index contributed by atoms with van der Waals surface area (Å²) in [4.78, 5) is 0. The summed E-state index contributed by atoms with van der Waals surface area (Å²) in [5.41, 5.74) is 1.43. The van der Waals surface area contributed by atoms with Gasteiger partial charge in [-0.2, -0.15) is 9.36 Å². The molecule has 14 heteroatoms. The van der Waals surface area contributed by atoms with Gasteiger partial charge in [-0.15, -0.1) is 10.2 Å². The molecule has 0 bridgehead atoms. The van der Waals surface area contributed by atoms with Gasteiger partial charge in [-0.3, -0.25) is 0 Å². The van der Waals surface area contributed by atoms with Gasteiger partial charge in [0.25, 0.3) is 0 Å². The fourth-order valence-corrected chi connectivity index (χ4v) is 3.88. The van der Waals surface area contributed by atoms with Crippen LogP contribution in [0.25, 0.3) is 11.4 Å². The van der Waals surface area contributed by atoms with Crippen molar-refractivity contribution in [3.8, 4) is 11.4 Å². The summed E-state index contributed by atoms with van der Waals surface area (Å²) in [7, 11) is 0. The molecule has 0 amide bonds. The number of thioether (sulfide) groups is 2. The van der Waals surface area contributed by atoms with E-state index in [1.807, 2.05) is 60.7 Å². The zero-order valence-electron chi connectivity index (χ0n) is 15.0. The molecule has 2 aromatic heterocycles. The Morgan fingerprint density at radius 2 is 1.07 bits per heavy atom. The number of hydrogen-bond acceptors (Lipinski definition) is 12. The number of nitrogens with zero attached hydrogens (tertiary/aromatic N) is 10. The van der Waals surface area contributed by atoms with Crippen molar-refractivity contribution >= 4 is 33.6 Å². The Balaban J connectivity index is 1.58. The molecule has 0 fully saturated rings. The van der Waals surface area contributed by atoms with Crippen molar-refractivity contribution in [2.45, 2.75) is 10.3 Å². The summed E-state index contributed by atoms with van der Waals surface area (Å²) in [6.07, 6.45) is 0. The highest BCUT2D eigenvalue weighted by Crippen LogP contribution is 2.27. The smallest absolute Gasteiger partial charge is 0.220 e. The topological polar surface area (TPSA) is 152 Å². The SMILES string of the molecule is O/N=C(Sc1nnnn1-c1ccccc1)/C(=N/O)Sc1nnnn1-c1ccccc1. The molecule has 4 rings (SSSR count). The third-order valence-corrected chi connectivity index (χ3v) is 5.56. The maximum absolute atomic E-state index is 9.53. The molecule has 2 aromatic carbocycles. The van der Waals surface area contributed by atoms with Crippen molar-refractivity contribution in [2.24, 2.45) is 10.3 Å². The van der Waals surface area contributed by atoms with Gasteiger partial charge in [0, 0.05) is 0 Å². The second-order valence-corrected chi connectivity index (χ2v) is 7.34. The van der Waals surface area contributed by atoms with Crippen molar-refractivity contribution in [3.63, 3.8) is 0 Å². The molecule has 0 spiro atoms. The average molecular weight is 440 g/mol. The molecule has 0 atom stereocenters. The normalized spacial score (nSPS) is 12.3. The first-order chi connectivity index (χ1) is 14.8. The number of tetrazole rings is 2. The Morgan fingerprint density at radius 3 is 1.43 bits per heavy atom. The number of oxime groups is 2. The maximum Gasteiger partial charge on any atom is 0.220 e. The highest BCUT2D eigenvalue weighted by atomic mass is 32.2. The minimum atomic E-state index is -0.0444. The van der Waals surface area contributed by atoms with Crippen LogP contribution in [0.2, 0.25) is 0 Å². The Bertz CT molecular complexity index is 1080. The van der Waals surface area contributed by atoms with Crippen LogP contribution in [0.15, 0.2) is 81.3 Å². The number of para-hydroxylation sites is 2. The van der Waals surface area contributed by atoms with E-state index in [2.05, 4.69) is 41.4 Å². The molecular weight excluding hydrogens is 428 g/mol. The molecule has 0 radical (unpaired) electrons. The Morgan fingerprint density at radius 1 is 0.667 bits per heavy atom. The lowest BCUT2D eigenvalue weighted by molar-refractivity contribution is 0.316. The van der Waals surface area contributed by atoms with Gasteiger partial charge >= 0.3 is 0 Å². The van der Waals surface area contributed by atoms with Crippen LogP contribution in [0, 0.1) is 0 Å². The van der Waals surface area contributed by atoms with Crippen molar-refractivity contribution in [1.82, 2.24) is 40.4 Å². The second-order valence-electron chi connectivity index (χ2n) is 5.43. The van der Waals surface area contributed by atoms with Gasteiger partial charge in [-0.1, -0.05) is 46.7 Å². The third kappa shape index (κ3) is 4.13. The van der Waals surface area contributed by atoms with Crippen LogP contribution in [0.1, 0.15) is 0 Å². The molecular formula is C16H12N10O2S2. The van der Waals surface area contributed by atoms with E-state index >= 15 is 0 Å². The molecule has 12 nitrogen and oxygen atoms in total. The minimum absolute atomic E-state index is 0.0444. The molecule has 0 aliphatic carbocycles. The Kier molecular flexibility index (Phi) is 5.95. The first-order valence-electron chi connectivity index (χ1n) is 8.28. The van der Waals surface area contributed by atoms with Crippen molar-refractivity contribution < 1.29 is 10.4 Å². The monoisotopic (exact) mass is 440 g/mol. The van der Waals surface area contributed by atoms with Gasteiger partial charge in [0.05, 0.1) is 11.4 Å². The van der Waals surface area contributed by atoms with Crippen LogP contribution in [0.5, 0.6) is 0 Å². The molecule has 0 aliphatic heterocycles. The molecule has 0 saturated heterocycles. The summed E-state index contributed by atoms with van der Waals surface area (Å²) in [5, 5.41) is 49.1. The minimum Gasteiger partial charge on any atom is -0.410 e. The van der Waals surface area contributed by atoms with E-state index in [9.17, 15) is 10.4 Å². The summed E-state index contributed by atoms with van der Waals surface area (Å²) in [6, 6.07) is 18.4. The van der Waals surface area contributed by atoms with Crippen molar-refractivity contribution in [1.29, 1.82) is 0 Å². The fraction of sp³-hybridized carbons (Fsp3) is 0. The highest BCUT2D eigenvalue weighted by molar-refractivity contribution is 8.25. The van der Waals surface area contributed by atoms with Crippen LogP contribution in [-0.2, 0) is 0 Å². The predicted molar refractivity (Wildman–Crippen MR) is 108 cm³/mol. The van der Waals surface area contributed by atoms with Gasteiger partial charge in [0.15, 0.2) is 10.1 Å². The van der Waals surface area contributed by atoms with Gasteiger partial charge in [0.1, 0.15) is 0 Å². The number of aromatic nitrogens is 8. The lowest BCUT2D eigenvalue weighted by Gasteiger charge is -2.07. The molecule has 0 saturated carbocycles. The second kappa shape index (κ2) is 9.15. The van der Waals surface area contributed by atoms with E-state index in [1.54, 1.807) is 0 Å². The van der Waals surface area contributed by atoms with Gasteiger partial charge < -0.3 is 10.4 Å². The van der Waals surface area contributed by atoms with Crippen LogP contribution in [0.3, 0.4) is 0 Å². The summed E-state index contributed by atoms with van der Waals surface area (Å²) in [5.74, 6) is 0. The quantitative estimate of drug-likeness (QED) is 0.159. The Labute approximate surface area is 177 Å². The van der Waals surface area contributed by atoms with Gasteiger partial charge in [-0.05, 0) is 68.6 Å². The summed E-state index contributed by atoms with van der Waals surface area (Å²) in [6.45, 7) is 0. The maximum atomic E-state index is 9.53. The Hall–Kier alpha value is -3.78. The zero-order valence-corrected chi connectivity index (χ0v) is 16.6. The van der Waals surface area contributed by atoms with Crippen LogP contribution in [-0.4, -0.2) is 60.9 Å². The standard InChI is InChI=1S/C16H12N10O2S2/c27-19-13(29-15-17-21-23-25(15)11-7-3-1-4-8-11)14(20-28)30-16-18-22-24-26(16)12-9-5-2-6-10-12/h1-10,27-28H/b19-13-,20-14-. The number of benzene rings is 2. The first kappa shape index (κ1) is 19.5. The van der Waals surface area contributed by atoms with E-state index in [0.717, 1.165) is 23.5 Å². The van der Waals surface area contributed by atoms with Crippen molar-refractivity contribution in [2.75, 3.05) is 0 Å². The number of rotatable bonds is 4. The average Bonchev–Trinajstić information content (AvgIpc) is 3.46. The van der Waals surface area contributed by atoms with Crippen LogP contribution in [0.4, 0.5) is 0 Å². The molecule has 4 aromatic rings. The van der Waals surface area contributed by atoms with E-state index in [-0.39, 0.29) is 10.1 Å². The number of hydrogen-bond donors (Lipinski definition) is 2. The van der Waals surface area contributed by atoms with Gasteiger partial charge in [0.2, 0.25) is 10.3 Å². The van der Waals surface area contributed by atoms with Crippen LogP contribution < -0.4 is 0 Å². The van der Waals surface area contributed by atoms with Crippen LogP contribution >= 0.6 is 23.5 Å². The predicted octanol–water partition coefficient (Wildman–Crippen LogP) is 2.10. The van der Waals surface area contributed by atoms with Crippen molar-refractivity contribution in [3.05, 3.63) is 60.7 Å². The largest absolute Gasteiger partial charge is 0.410 e. The van der Waals surface area contributed by atoms with E-state index in [0.29, 0.717) is 21.7 Å². The lowest BCUT2D eigenvalue weighted by atomic mass is 10.3.